The lowest BCUT2D eigenvalue weighted by atomic mass is 10.0. The van der Waals surface area contributed by atoms with E-state index in [1.54, 1.807) is 4.68 Å². The van der Waals surface area contributed by atoms with E-state index in [9.17, 15) is 0 Å². The molecule has 90 valence electrons. The maximum Gasteiger partial charge on any atom is 0.0845 e. The van der Waals surface area contributed by atoms with Crippen LogP contribution >= 0.6 is 11.6 Å². The molecule has 2 aromatic rings. The Morgan fingerprint density at radius 1 is 1.47 bits per heavy atom. The third-order valence-electron chi connectivity index (χ3n) is 2.70. The van der Waals surface area contributed by atoms with Crippen molar-refractivity contribution < 1.29 is 0 Å². The number of aryl methyl sites for hydroxylation is 2. The number of rotatable bonds is 3. The Morgan fingerprint density at radius 3 is 2.82 bits per heavy atom. The van der Waals surface area contributed by atoms with Gasteiger partial charge in [-0.15, -0.1) is 5.10 Å². The maximum absolute atomic E-state index is 6.12. The fourth-order valence-electron chi connectivity index (χ4n) is 1.67. The molecular weight excluding hydrogens is 236 g/mol. The lowest BCUT2D eigenvalue weighted by molar-refractivity contribution is 0.694. The molecule has 1 aromatic carbocycles. The lowest BCUT2D eigenvalue weighted by Gasteiger charge is -2.11. The molecular formula is C12H15ClN4. The van der Waals surface area contributed by atoms with Gasteiger partial charge in [-0.25, -0.2) is 0 Å². The van der Waals surface area contributed by atoms with Gasteiger partial charge in [0.1, 0.15) is 0 Å². The molecule has 5 heteroatoms. The van der Waals surface area contributed by atoms with Crippen molar-refractivity contribution in [1.82, 2.24) is 15.0 Å². The minimum Gasteiger partial charge on any atom is -0.324 e. The Kier molecular flexibility index (Phi) is 3.45. The summed E-state index contributed by atoms with van der Waals surface area (Å²) < 4.78 is 1.67. The summed E-state index contributed by atoms with van der Waals surface area (Å²) in [6.45, 7) is 1.97. The summed E-state index contributed by atoms with van der Waals surface area (Å²) in [6, 6.07) is 5.79. The van der Waals surface area contributed by atoms with Crippen LogP contribution in [-0.2, 0) is 13.5 Å². The van der Waals surface area contributed by atoms with Crippen LogP contribution < -0.4 is 5.73 Å². The number of halogens is 1. The molecule has 2 N–H and O–H groups in total. The number of hydrogen-bond donors (Lipinski definition) is 1. The molecule has 0 amide bonds. The third kappa shape index (κ3) is 2.84. The van der Waals surface area contributed by atoms with Crippen molar-refractivity contribution in [2.75, 3.05) is 0 Å². The molecule has 0 saturated heterocycles. The van der Waals surface area contributed by atoms with Gasteiger partial charge in [0.05, 0.1) is 5.69 Å². The van der Waals surface area contributed by atoms with Gasteiger partial charge in [0.15, 0.2) is 0 Å². The molecule has 0 aliphatic heterocycles. The summed E-state index contributed by atoms with van der Waals surface area (Å²) in [6.07, 6.45) is 2.53. The van der Waals surface area contributed by atoms with Gasteiger partial charge in [0.2, 0.25) is 0 Å². The van der Waals surface area contributed by atoms with Crippen molar-refractivity contribution in [2.24, 2.45) is 12.8 Å². The second-order valence-electron chi connectivity index (χ2n) is 4.20. The van der Waals surface area contributed by atoms with Gasteiger partial charge >= 0.3 is 0 Å². The lowest BCUT2D eigenvalue weighted by Crippen LogP contribution is -2.13. The molecule has 1 atom stereocenters. The second kappa shape index (κ2) is 4.85. The summed E-state index contributed by atoms with van der Waals surface area (Å²) in [4.78, 5) is 0. The SMILES string of the molecule is Cc1ccc(C(N)Cc2cn(C)nn2)cc1Cl. The molecule has 4 nitrogen and oxygen atoms in total. The van der Waals surface area contributed by atoms with E-state index in [1.165, 1.54) is 0 Å². The first-order valence-electron chi connectivity index (χ1n) is 5.43. The normalized spacial score (nSPS) is 12.7. The quantitative estimate of drug-likeness (QED) is 0.907. The summed E-state index contributed by atoms with van der Waals surface area (Å²) in [7, 11) is 1.84. The van der Waals surface area contributed by atoms with Crippen LogP contribution in [0.3, 0.4) is 0 Å². The van der Waals surface area contributed by atoms with E-state index in [2.05, 4.69) is 10.3 Å². The fraction of sp³-hybridized carbons (Fsp3) is 0.333. The van der Waals surface area contributed by atoms with Crippen LogP contribution in [0.2, 0.25) is 5.02 Å². The van der Waals surface area contributed by atoms with Crippen LogP contribution in [-0.4, -0.2) is 15.0 Å². The predicted octanol–water partition coefficient (Wildman–Crippen LogP) is 2.02. The Morgan fingerprint density at radius 2 is 2.24 bits per heavy atom. The van der Waals surface area contributed by atoms with Crippen molar-refractivity contribution >= 4 is 11.6 Å². The second-order valence-corrected chi connectivity index (χ2v) is 4.61. The number of hydrogen-bond acceptors (Lipinski definition) is 3. The number of aromatic nitrogens is 3. The van der Waals surface area contributed by atoms with Crippen molar-refractivity contribution in [1.29, 1.82) is 0 Å². The topological polar surface area (TPSA) is 56.7 Å². The van der Waals surface area contributed by atoms with E-state index in [0.717, 1.165) is 21.8 Å². The highest BCUT2D eigenvalue weighted by atomic mass is 35.5. The fourth-order valence-corrected chi connectivity index (χ4v) is 1.86. The van der Waals surface area contributed by atoms with Gasteiger partial charge in [-0.05, 0) is 24.1 Å². The number of benzene rings is 1. The van der Waals surface area contributed by atoms with Crippen molar-refractivity contribution in [2.45, 2.75) is 19.4 Å². The van der Waals surface area contributed by atoms with Crippen LogP contribution in [0.1, 0.15) is 22.9 Å². The molecule has 0 aliphatic rings. The first kappa shape index (κ1) is 12.1. The van der Waals surface area contributed by atoms with Gasteiger partial charge in [-0.3, -0.25) is 4.68 Å². The van der Waals surface area contributed by atoms with Crippen LogP contribution in [0.5, 0.6) is 0 Å². The van der Waals surface area contributed by atoms with Crippen LogP contribution in [0, 0.1) is 6.92 Å². The van der Waals surface area contributed by atoms with E-state index in [0.29, 0.717) is 6.42 Å². The molecule has 0 saturated carbocycles. The molecule has 17 heavy (non-hydrogen) atoms. The molecule has 2 rings (SSSR count). The average molecular weight is 251 g/mol. The monoisotopic (exact) mass is 250 g/mol. The van der Waals surface area contributed by atoms with Gasteiger partial charge in [-0.1, -0.05) is 28.9 Å². The van der Waals surface area contributed by atoms with E-state index in [-0.39, 0.29) is 6.04 Å². The summed E-state index contributed by atoms with van der Waals surface area (Å²) in [5, 5.41) is 8.65. The minimum absolute atomic E-state index is 0.107. The van der Waals surface area contributed by atoms with E-state index in [4.69, 9.17) is 17.3 Å². The average Bonchev–Trinajstić information content (AvgIpc) is 2.68. The molecule has 1 unspecified atom stereocenters. The minimum atomic E-state index is -0.107. The Hall–Kier alpha value is -1.39. The zero-order chi connectivity index (χ0) is 12.4. The third-order valence-corrected chi connectivity index (χ3v) is 3.11. The Balaban J connectivity index is 2.14. The van der Waals surface area contributed by atoms with Crippen molar-refractivity contribution in [3.8, 4) is 0 Å². The Labute approximate surface area is 105 Å². The molecule has 0 aliphatic carbocycles. The van der Waals surface area contributed by atoms with E-state index in [1.807, 2.05) is 38.4 Å². The highest BCUT2D eigenvalue weighted by Crippen LogP contribution is 2.21. The highest BCUT2D eigenvalue weighted by molar-refractivity contribution is 6.31. The smallest absolute Gasteiger partial charge is 0.0845 e. The first-order chi connectivity index (χ1) is 8.06. The van der Waals surface area contributed by atoms with Crippen LogP contribution in [0.4, 0.5) is 0 Å². The van der Waals surface area contributed by atoms with E-state index < -0.39 is 0 Å². The van der Waals surface area contributed by atoms with Crippen LogP contribution in [0.25, 0.3) is 0 Å². The number of nitrogens with zero attached hydrogens (tertiary/aromatic N) is 3. The highest BCUT2D eigenvalue weighted by Gasteiger charge is 2.10. The standard InChI is InChI=1S/C12H15ClN4/c1-8-3-4-9(5-11(8)13)12(14)6-10-7-17(2)16-15-10/h3-5,7,12H,6,14H2,1-2H3. The predicted molar refractivity (Wildman–Crippen MR) is 67.8 cm³/mol. The molecule has 1 aromatic heterocycles. The maximum atomic E-state index is 6.12. The van der Waals surface area contributed by atoms with Crippen molar-refractivity contribution in [3.63, 3.8) is 0 Å². The van der Waals surface area contributed by atoms with Gasteiger partial charge < -0.3 is 5.73 Å². The van der Waals surface area contributed by atoms with Crippen LogP contribution in [0.15, 0.2) is 24.4 Å². The molecule has 0 radical (unpaired) electrons. The van der Waals surface area contributed by atoms with Gasteiger partial charge in [0.25, 0.3) is 0 Å². The molecule has 1 heterocycles. The van der Waals surface area contributed by atoms with Gasteiger partial charge in [0, 0.05) is 30.7 Å². The summed E-state index contributed by atoms with van der Waals surface area (Å²) in [5.74, 6) is 0. The number of nitrogens with two attached hydrogens (primary N) is 1. The van der Waals surface area contributed by atoms with Gasteiger partial charge in [-0.2, -0.15) is 0 Å². The Bertz CT molecular complexity index is 521. The zero-order valence-corrected chi connectivity index (χ0v) is 10.6. The zero-order valence-electron chi connectivity index (χ0n) is 9.89. The van der Waals surface area contributed by atoms with E-state index >= 15 is 0 Å². The first-order valence-corrected chi connectivity index (χ1v) is 5.81. The largest absolute Gasteiger partial charge is 0.324 e. The molecule has 0 spiro atoms. The summed E-state index contributed by atoms with van der Waals surface area (Å²) >= 11 is 6.08. The summed E-state index contributed by atoms with van der Waals surface area (Å²) in [5.41, 5.74) is 9.08. The van der Waals surface area contributed by atoms with Crippen molar-refractivity contribution in [3.05, 3.63) is 46.2 Å². The molecule has 0 bridgehead atoms. The molecule has 0 fully saturated rings.